The summed E-state index contributed by atoms with van der Waals surface area (Å²) < 4.78 is 5.14. The Kier molecular flexibility index (Phi) is 3.10. The predicted octanol–water partition coefficient (Wildman–Crippen LogP) is 1.61. The summed E-state index contributed by atoms with van der Waals surface area (Å²) in [4.78, 5) is 15.3. The second-order valence-corrected chi connectivity index (χ2v) is 4.81. The van der Waals surface area contributed by atoms with Crippen LogP contribution >= 0.6 is 11.3 Å². The molecule has 0 aliphatic rings. The second kappa shape index (κ2) is 3.96. The van der Waals surface area contributed by atoms with Crippen LogP contribution in [0.2, 0.25) is 0 Å². The largest absolute Gasteiger partial charge is 0.460 e. The molecule has 0 aliphatic heterocycles. The molecule has 0 saturated heterocycles. The van der Waals surface area contributed by atoms with Gasteiger partial charge in [0.1, 0.15) is 10.6 Å². The van der Waals surface area contributed by atoms with Gasteiger partial charge in [0.05, 0.1) is 17.6 Å². The molecule has 0 spiro atoms. The zero-order valence-corrected chi connectivity index (χ0v) is 9.35. The highest BCUT2D eigenvalue weighted by atomic mass is 32.1. The maximum atomic E-state index is 11.4. The van der Waals surface area contributed by atoms with Crippen LogP contribution in [-0.2, 0) is 16.0 Å². The topological polar surface area (TPSA) is 65.2 Å². The summed E-state index contributed by atoms with van der Waals surface area (Å²) in [5.41, 5.74) is 7.37. The summed E-state index contributed by atoms with van der Waals surface area (Å²) >= 11 is 1.32. The van der Waals surface area contributed by atoms with E-state index in [1.165, 1.54) is 11.3 Å². The fourth-order valence-corrected chi connectivity index (χ4v) is 1.48. The SMILES string of the molecule is CC(C)(C)OC(=O)Cc1ncsc1N. The molecule has 0 aliphatic carbocycles. The van der Waals surface area contributed by atoms with Crippen molar-refractivity contribution in [1.29, 1.82) is 0 Å². The van der Waals surface area contributed by atoms with Crippen LogP contribution in [0.15, 0.2) is 5.51 Å². The summed E-state index contributed by atoms with van der Waals surface area (Å²) in [6.07, 6.45) is 0.145. The number of nitrogen functional groups attached to an aromatic ring is 1. The van der Waals surface area contributed by atoms with Crippen LogP contribution in [0.1, 0.15) is 26.5 Å². The number of hydrogen-bond donors (Lipinski definition) is 1. The molecule has 5 heteroatoms. The lowest BCUT2D eigenvalue weighted by molar-refractivity contribution is -0.153. The monoisotopic (exact) mass is 214 g/mol. The molecule has 1 rings (SSSR count). The minimum atomic E-state index is -0.456. The molecule has 0 saturated carbocycles. The lowest BCUT2D eigenvalue weighted by Crippen LogP contribution is -2.25. The van der Waals surface area contributed by atoms with E-state index >= 15 is 0 Å². The van der Waals surface area contributed by atoms with Crippen LogP contribution in [0.25, 0.3) is 0 Å². The molecule has 4 nitrogen and oxygen atoms in total. The normalized spacial score (nSPS) is 11.4. The minimum absolute atomic E-state index is 0.145. The molecule has 1 aromatic rings. The van der Waals surface area contributed by atoms with Gasteiger partial charge in [-0.05, 0) is 20.8 Å². The van der Waals surface area contributed by atoms with E-state index in [1.54, 1.807) is 5.51 Å². The van der Waals surface area contributed by atoms with Crippen molar-refractivity contribution < 1.29 is 9.53 Å². The van der Waals surface area contributed by atoms with Gasteiger partial charge in [-0.15, -0.1) is 11.3 Å². The van der Waals surface area contributed by atoms with E-state index < -0.39 is 5.60 Å². The van der Waals surface area contributed by atoms with Gasteiger partial charge in [0.25, 0.3) is 0 Å². The van der Waals surface area contributed by atoms with E-state index in [0.717, 1.165) is 0 Å². The molecular formula is C9H14N2O2S. The maximum Gasteiger partial charge on any atom is 0.312 e. The standard InChI is InChI=1S/C9H14N2O2S/c1-9(2,3)13-7(12)4-6-8(10)14-5-11-6/h5H,4,10H2,1-3H3. The van der Waals surface area contributed by atoms with Crippen LogP contribution in [0, 0.1) is 0 Å². The van der Waals surface area contributed by atoms with Crippen LogP contribution in [-0.4, -0.2) is 16.6 Å². The first-order valence-electron chi connectivity index (χ1n) is 4.28. The van der Waals surface area contributed by atoms with E-state index in [1.807, 2.05) is 20.8 Å². The van der Waals surface area contributed by atoms with Crippen molar-refractivity contribution in [3.8, 4) is 0 Å². The Morgan fingerprint density at radius 2 is 2.29 bits per heavy atom. The van der Waals surface area contributed by atoms with Gasteiger partial charge >= 0.3 is 5.97 Å². The van der Waals surface area contributed by atoms with Gasteiger partial charge in [-0.2, -0.15) is 0 Å². The molecule has 0 bridgehead atoms. The van der Waals surface area contributed by atoms with Gasteiger partial charge in [0.15, 0.2) is 0 Å². The number of thiazole rings is 1. The number of carbonyl (C=O) groups is 1. The molecule has 14 heavy (non-hydrogen) atoms. The van der Waals surface area contributed by atoms with Crippen molar-refractivity contribution in [3.05, 3.63) is 11.2 Å². The van der Waals surface area contributed by atoms with Crippen molar-refractivity contribution in [1.82, 2.24) is 4.98 Å². The molecule has 2 N–H and O–H groups in total. The first-order valence-corrected chi connectivity index (χ1v) is 5.16. The number of nitrogens with two attached hydrogens (primary N) is 1. The van der Waals surface area contributed by atoms with E-state index in [4.69, 9.17) is 10.5 Å². The highest BCUT2D eigenvalue weighted by molar-refractivity contribution is 7.13. The van der Waals surface area contributed by atoms with Crippen molar-refractivity contribution >= 4 is 22.3 Å². The number of anilines is 1. The van der Waals surface area contributed by atoms with Crippen LogP contribution in [0.3, 0.4) is 0 Å². The third-order valence-electron chi connectivity index (χ3n) is 1.40. The third kappa shape index (κ3) is 3.33. The molecule has 0 fully saturated rings. The van der Waals surface area contributed by atoms with E-state index in [0.29, 0.717) is 10.7 Å². The van der Waals surface area contributed by atoms with E-state index in [9.17, 15) is 4.79 Å². The second-order valence-electron chi connectivity index (χ2n) is 3.93. The number of rotatable bonds is 2. The molecule has 0 amide bonds. The Morgan fingerprint density at radius 3 is 2.71 bits per heavy atom. The third-order valence-corrected chi connectivity index (χ3v) is 2.10. The molecule has 0 unspecified atom stereocenters. The fraction of sp³-hybridized carbons (Fsp3) is 0.556. The number of nitrogens with zero attached hydrogens (tertiary/aromatic N) is 1. The van der Waals surface area contributed by atoms with E-state index in [-0.39, 0.29) is 12.4 Å². The number of hydrogen-bond acceptors (Lipinski definition) is 5. The lowest BCUT2D eigenvalue weighted by Gasteiger charge is -2.19. The van der Waals surface area contributed by atoms with Gasteiger partial charge in [0.2, 0.25) is 0 Å². The van der Waals surface area contributed by atoms with Gasteiger partial charge in [-0.1, -0.05) is 0 Å². The average Bonchev–Trinajstić information content (AvgIpc) is 2.32. The molecule has 0 aromatic carbocycles. The molecule has 0 radical (unpaired) electrons. The average molecular weight is 214 g/mol. The zero-order chi connectivity index (χ0) is 10.8. The van der Waals surface area contributed by atoms with Crippen LogP contribution < -0.4 is 5.73 Å². The Hall–Kier alpha value is -1.10. The highest BCUT2D eigenvalue weighted by Crippen LogP contribution is 2.17. The Morgan fingerprint density at radius 1 is 1.64 bits per heavy atom. The van der Waals surface area contributed by atoms with Crippen molar-refractivity contribution in [3.63, 3.8) is 0 Å². The van der Waals surface area contributed by atoms with Crippen LogP contribution in [0.5, 0.6) is 0 Å². The van der Waals surface area contributed by atoms with Crippen LogP contribution in [0.4, 0.5) is 5.00 Å². The molecular weight excluding hydrogens is 200 g/mol. The first-order chi connectivity index (χ1) is 6.38. The van der Waals surface area contributed by atoms with Gasteiger partial charge in [-0.3, -0.25) is 4.79 Å². The Bertz CT molecular complexity index is 328. The van der Waals surface area contributed by atoms with Crippen molar-refractivity contribution in [2.75, 3.05) is 5.73 Å². The van der Waals surface area contributed by atoms with Crippen molar-refractivity contribution in [2.24, 2.45) is 0 Å². The molecule has 1 aromatic heterocycles. The molecule has 78 valence electrons. The number of esters is 1. The lowest BCUT2D eigenvalue weighted by atomic mass is 10.2. The quantitative estimate of drug-likeness (QED) is 0.759. The summed E-state index contributed by atoms with van der Waals surface area (Å²) in [6.45, 7) is 5.49. The maximum absolute atomic E-state index is 11.4. The first kappa shape index (κ1) is 11.0. The highest BCUT2D eigenvalue weighted by Gasteiger charge is 2.18. The fourth-order valence-electron chi connectivity index (χ4n) is 0.925. The summed E-state index contributed by atoms with van der Waals surface area (Å²) in [5, 5.41) is 0.579. The minimum Gasteiger partial charge on any atom is -0.460 e. The summed E-state index contributed by atoms with van der Waals surface area (Å²) in [7, 11) is 0. The van der Waals surface area contributed by atoms with Gasteiger partial charge in [-0.25, -0.2) is 4.98 Å². The predicted molar refractivity (Wildman–Crippen MR) is 56.1 cm³/mol. The smallest absolute Gasteiger partial charge is 0.312 e. The summed E-state index contributed by atoms with van der Waals surface area (Å²) in [6, 6.07) is 0. The van der Waals surface area contributed by atoms with E-state index in [2.05, 4.69) is 4.98 Å². The molecule has 0 atom stereocenters. The zero-order valence-electron chi connectivity index (χ0n) is 8.53. The Labute approximate surface area is 87.1 Å². The van der Waals surface area contributed by atoms with Crippen molar-refractivity contribution in [2.45, 2.75) is 32.8 Å². The van der Waals surface area contributed by atoms with Gasteiger partial charge in [0, 0.05) is 0 Å². The Balaban J connectivity index is 2.54. The number of carbonyl (C=O) groups excluding carboxylic acids is 1. The number of ether oxygens (including phenoxy) is 1. The molecule has 1 heterocycles. The van der Waals surface area contributed by atoms with Gasteiger partial charge < -0.3 is 10.5 Å². The summed E-state index contributed by atoms with van der Waals surface area (Å²) in [5.74, 6) is -0.296. The number of aromatic nitrogens is 1.